The first kappa shape index (κ1) is 17.9. The van der Waals surface area contributed by atoms with Crippen LogP contribution in [-0.2, 0) is 6.42 Å². The second kappa shape index (κ2) is 7.24. The molecule has 27 heavy (non-hydrogen) atoms. The van der Waals surface area contributed by atoms with Crippen LogP contribution in [0.1, 0.15) is 12.0 Å². The number of allylic oxidation sites excluding steroid dienone is 1. The molecule has 0 spiro atoms. The lowest BCUT2D eigenvalue weighted by molar-refractivity contribution is 0.405. The minimum absolute atomic E-state index is 0.342. The third-order valence-electron chi connectivity index (χ3n) is 5.08. The zero-order valence-electron chi connectivity index (χ0n) is 15.4. The highest BCUT2D eigenvalue weighted by Crippen LogP contribution is 2.34. The molecule has 0 N–H and O–H groups in total. The number of ether oxygens (including phenoxy) is 1. The summed E-state index contributed by atoms with van der Waals surface area (Å²) in [6.45, 7) is 1.57. The second-order valence-corrected chi connectivity index (χ2v) is 7.23. The second-order valence-electron chi connectivity index (χ2n) is 6.83. The van der Waals surface area contributed by atoms with Crippen LogP contribution in [0, 0.1) is 5.82 Å². The Balaban J connectivity index is 1.66. The number of methoxy groups -OCH3 is 1. The van der Waals surface area contributed by atoms with E-state index in [1.807, 2.05) is 17.1 Å². The van der Waals surface area contributed by atoms with Gasteiger partial charge in [-0.3, -0.25) is 5.01 Å². The summed E-state index contributed by atoms with van der Waals surface area (Å²) < 4.78 is 18.7. The minimum Gasteiger partial charge on any atom is -0.497 e. The van der Waals surface area contributed by atoms with Crippen LogP contribution in [0.5, 0.6) is 5.75 Å². The van der Waals surface area contributed by atoms with Gasteiger partial charge in [0.25, 0.3) is 0 Å². The molecule has 2 aromatic rings. The molecule has 0 unspecified atom stereocenters. The van der Waals surface area contributed by atoms with Crippen LogP contribution in [-0.4, -0.2) is 37.9 Å². The highest BCUT2D eigenvalue weighted by atomic mass is 35.5. The molecular formula is C21H21ClFN3O. The summed E-state index contributed by atoms with van der Waals surface area (Å²) in [6, 6.07) is 12.6. The predicted molar refractivity (Wildman–Crippen MR) is 107 cm³/mol. The van der Waals surface area contributed by atoms with Crippen molar-refractivity contribution >= 4 is 23.0 Å². The maximum Gasteiger partial charge on any atom is 0.124 e. The van der Waals surface area contributed by atoms with Crippen molar-refractivity contribution in [1.29, 1.82) is 0 Å². The van der Waals surface area contributed by atoms with Gasteiger partial charge in [0.15, 0.2) is 0 Å². The Bertz CT molecular complexity index is 941. The molecule has 0 bridgehead atoms. The highest BCUT2D eigenvalue weighted by Gasteiger charge is 2.30. The Morgan fingerprint density at radius 1 is 1.22 bits per heavy atom. The standard InChI is InChI=1S/C21H21ClFN3O/c1-25-9-8-19-17(21(25)11-14-4-3-5-16(10-14)27-2)13-26(24-19)20-7-6-15(23)12-18(20)22/h3-7,10,12H,8-9,11,13H2,1-2H3. The number of likely N-dealkylation sites (N-methyl/N-ethyl adjacent to an activating group) is 1. The molecule has 2 aliphatic heterocycles. The van der Waals surface area contributed by atoms with E-state index in [-0.39, 0.29) is 5.82 Å². The average molecular weight is 386 g/mol. The van der Waals surface area contributed by atoms with Crippen molar-refractivity contribution in [3.63, 3.8) is 0 Å². The van der Waals surface area contributed by atoms with Crippen LogP contribution in [0.2, 0.25) is 5.02 Å². The number of benzene rings is 2. The number of hydrogen-bond acceptors (Lipinski definition) is 4. The van der Waals surface area contributed by atoms with Gasteiger partial charge in [0.1, 0.15) is 11.6 Å². The van der Waals surface area contributed by atoms with Gasteiger partial charge in [0.05, 0.1) is 30.1 Å². The van der Waals surface area contributed by atoms with Gasteiger partial charge >= 0.3 is 0 Å². The molecule has 2 heterocycles. The van der Waals surface area contributed by atoms with E-state index in [0.717, 1.165) is 36.5 Å². The average Bonchev–Trinajstić information content (AvgIpc) is 3.08. The van der Waals surface area contributed by atoms with Gasteiger partial charge in [-0.2, -0.15) is 5.10 Å². The van der Waals surface area contributed by atoms with Crippen LogP contribution < -0.4 is 9.75 Å². The van der Waals surface area contributed by atoms with E-state index in [4.69, 9.17) is 21.4 Å². The molecule has 0 radical (unpaired) electrons. The molecule has 0 amide bonds. The fourth-order valence-electron chi connectivity index (χ4n) is 3.63. The number of anilines is 1. The quantitative estimate of drug-likeness (QED) is 0.775. The molecule has 0 aliphatic carbocycles. The molecule has 2 aliphatic rings. The summed E-state index contributed by atoms with van der Waals surface area (Å²) in [5, 5.41) is 7.01. The molecule has 4 nitrogen and oxygen atoms in total. The molecule has 0 atom stereocenters. The zero-order chi connectivity index (χ0) is 19.0. The summed E-state index contributed by atoms with van der Waals surface area (Å²) in [6.07, 6.45) is 1.70. The fraction of sp³-hybridized carbons (Fsp3) is 0.286. The van der Waals surface area contributed by atoms with Gasteiger partial charge in [-0.25, -0.2) is 4.39 Å². The number of rotatable bonds is 4. The van der Waals surface area contributed by atoms with E-state index < -0.39 is 0 Å². The zero-order valence-corrected chi connectivity index (χ0v) is 16.1. The van der Waals surface area contributed by atoms with Crippen molar-refractivity contribution in [2.45, 2.75) is 12.8 Å². The summed E-state index contributed by atoms with van der Waals surface area (Å²) in [4.78, 5) is 2.30. The van der Waals surface area contributed by atoms with Crippen molar-refractivity contribution in [2.24, 2.45) is 5.10 Å². The van der Waals surface area contributed by atoms with E-state index in [2.05, 4.69) is 24.1 Å². The summed E-state index contributed by atoms with van der Waals surface area (Å²) >= 11 is 6.24. The smallest absolute Gasteiger partial charge is 0.124 e. The van der Waals surface area contributed by atoms with E-state index in [9.17, 15) is 4.39 Å². The van der Waals surface area contributed by atoms with Crippen molar-refractivity contribution in [3.05, 3.63) is 70.1 Å². The lowest BCUT2D eigenvalue weighted by Crippen LogP contribution is -2.31. The molecular weight excluding hydrogens is 365 g/mol. The topological polar surface area (TPSA) is 28.1 Å². The van der Waals surface area contributed by atoms with Gasteiger partial charge in [-0.05, 0) is 35.9 Å². The Labute approximate surface area is 163 Å². The monoisotopic (exact) mass is 385 g/mol. The van der Waals surface area contributed by atoms with E-state index in [1.54, 1.807) is 13.2 Å². The molecule has 4 rings (SSSR count). The molecule has 0 saturated heterocycles. The van der Waals surface area contributed by atoms with Gasteiger partial charge in [-0.1, -0.05) is 23.7 Å². The van der Waals surface area contributed by atoms with Crippen LogP contribution in [0.4, 0.5) is 10.1 Å². The number of hydrogen-bond donors (Lipinski definition) is 0. The van der Waals surface area contributed by atoms with E-state index in [0.29, 0.717) is 11.6 Å². The molecule has 2 aromatic carbocycles. The number of fused-ring (bicyclic) bond motifs is 1. The van der Waals surface area contributed by atoms with Crippen LogP contribution in [0.25, 0.3) is 0 Å². The van der Waals surface area contributed by atoms with E-state index >= 15 is 0 Å². The summed E-state index contributed by atoms with van der Waals surface area (Å²) in [7, 11) is 3.80. The van der Waals surface area contributed by atoms with Gasteiger partial charge in [-0.15, -0.1) is 0 Å². The third kappa shape index (κ3) is 3.52. The van der Waals surface area contributed by atoms with Crippen molar-refractivity contribution in [1.82, 2.24) is 4.90 Å². The van der Waals surface area contributed by atoms with Crippen molar-refractivity contribution in [2.75, 3.05) is 32.3 Å². The van der Waals surface area contributed by atoms with Gasteiger partial charge < -0.3 is 9.64 Å². The third-order valence-corrected chi connectivity index (χ3v) is 5.39. The van der Waals surface area contributed by atoms with E-state index in [1.165, 1.54) is 29.0 Å². The van der Waals surface area contributed by atoms with Crippen LogP contribution in [0.3, 0.4) is 0 Å². The van der Waals surface area contributed by atoms with Crippen molar-refractivity contribution in [3.8, 4) is 5.75 Å². The van der Waals surface area contributed by atoms with Crippen LogP contribution >= 0.6 is 11.6 Å². The first-order chi connectivity index (χ1) is 13.0. The lowest BCUT2D eigenvalue weighted by Gasteiger charge is -2.29. The SMILES string of the molecule is COc1cccc(CC2=C3CN(c4ccc(F)cc4Cl)N=C3CCN2C)c1. The van der Waals surface area contributed by atoms with Gasteiger partial charge in [0, 0.05) is 37.7 Å². The Morgan fingerprint density at radius 2 is 2.07 bits per heavy atom. The summed E-state index contributed by atoms with van der Waals surface area (Å²) in [5.74, 6) is 0.516. The molecule has 0 saturated carbocycles. The highest BCUT2D eigenvalue weighted by molar-refractivity contribution is 6.33. The Kier molecular flexibility index (Phi) is 4.79. The number of halogens is 2. The molecule has 0 fully saturated rings. The fourth-order valence-corrected chi connectivity index (χ4v) is 3.89. The van der Waals surface area contributed by atoms with Crippen molar-refractivity contribution < 1.29 is 9.13 Å². The molecule has 6 heteroatoms. The first-order valence-corrected chi connectivity index (χ1v) is 9.29. The minimum atomic E-state index is -0.342. The molecule has 0 aromatic heterocycles. The summed E-state index contributed by atoms with van der Waals surface area (Å²) in [5.41, 5.74) is 5.51. The normalized spacial score (nSPS) is 16.5. The van der Waals surface area contributed by atoms with Crippen LogP contribution in [0.15, 0.2) is 58.8 Å². The number of hydrazone groups is 1. The maximum atomic E-state index is 13.4. The molecule has 140 valence electrons. The Morgan fingerprint density at radius 3 is 2.85 bits per heavy atom. The first-order valence-electron chi connectivity index (χ1n) is 8.91. The predicted octanol–water partition coefficient (Wildman–Crippen LogP) is 4.50. The largest absolute Gasteiger partial charge is 0.497 e. The number of nitrogens with zero attached hydrogens (tertiary/aromatic N) is 3. The lowest BCUT2D eigenvalue weighted by atomic mass is 9.96. The Hall–Kier alpha value is -2.53. The maximum absolute atomic E-state index is 13.4. The van der Waals surface area contributed by atoms with Gasteiger partial charge in [0.2, 0.25) is 0 Å².